The Morgan fingerprint density at radius 3 is 2.55 bits per heavy atom. The van der Waals surface area contributed by atoms with Crippen molar-refractivity contribution in [3.63, 3.8) is 0 Å². The van der Waals surface area contributed by atoms with Crippen LogP contribution >= 0.6 is 0 Å². The summed E-state index contributed by atoms with van der Waals surface area (Å²) in [5, 5.41) is 4.71. The second-order valence-electron chi connectivity index (χ2n) is 8.54. The predicted octanol–water partition coefficient (Wildman–Crippen LogP) is 2.73. The molecule has 2 aromatic heterocycles. The third kappa shape index (κ3) is 4.26. The van der Waals surface area contributed by atoms with Crippen molar-refractivity contribution < 1.29 is 14.3 Å². The van der Waals surface area contributed by atoms with Gasteiger partial charge >= 0.3 is 6.09 Å². The van der Waals surface area contributed by atoms with Crippen LogP contribution in [0.15, 0.2) is 24.5 Å². The van der Waals surface area contributed by atoms with Gasteiger partial charge in [0.1, 0.15) is 11.4 Å². The summed E-state index contributed by atoms with van der Waals surface area (Å²) in [7, 11) is 0. The molecule has 0 aliphatic carbocycles. The first kappa shape index (κ1) is 19.4. The first-order valence-electron chi connectivity index (χ1n) is 10.1. The summed E-state index contributed by atoms with van der Waals surface area (Å²) in [6.07, 6.45) is 6.39. The summed E-state index contributed by atoms with van der Waals surface area (Å²) < 4.78 is 7.32. The smallest absolute Gasteiger partial charge is 0.410 e. The Labute approximate surface area is 170 Å². The minimum Gasteiger partial charge on any atom is -0.444 e. The lowest BCUT2D eigenvalue weighted by Crippen LogP contribution is -2.38. The van der Waals surface area contributed by atoms with E-state index in [1.807, 2.05) is 43.8 Å². The van der Waals surface area contributed by atoms with E-state index in [2.05, 4.69) is 4.98 Å². The van der Waals surface area contributed by atoms with Crippen LogP contribution < -0.4 is 4.90 Å². The molecule has 0 bridgehead atoms. The van der Waals surface area contributed by atoms with Gasteiger partial charge in [-0.15, -0.1) is 0 Å². The summed E-state index contributed by atoms with van der Waals surface area (Å²) in [6, 6.07) is 3.81. The van der Waals surface area contributed by atoms with Gasteiger partial charge in [0.15, 0.2) is 0 Å². The highest BCUT2D eigenvalue weighted by Crippen LogP contribution is 2.22. The number of nitrogens with zero attached hydrogens (tertiary/aromatic N) is 5. The van der Waals surface area contributed by atoms with Crippen LogP contribution in [-0.4, -0.2) is 56.9 Å². The monoisotopic (exact) mass is 397 g/mol. The normalized spacial score (nSPS) is 17.3. The van der Waals surface area contributed by atoms with E-state index in [4.69, 9.17) is 9.84 Å². The highest BCUT2D eigenvalue weighted by Gasteiger charge is 2.26. The lowest BCUT2D eigenvalue weighted by Gasteiger charge is -2.26. The summed E-state index contributed by atoms with van der Waals surface area (Å²) in [4.78, 5) is 32.1. The zero-order chi connectivity index (χ0) is 20.6. The first-order chi connectivity index (χ1) is 13.8. The fourth-order valence-electron chi connectivity index (χ4n) is 3.68. The molecular weight excluding hydrogens is 370 g/mol. The molecular formula is C21H27N5O3. The van der Waals surface area contributed by atoms with Crippen LogP contribution in [0.4, 0.5) is 10.6 Å². The van der Waals surface area contributed by atoms with Crippen molar-refractivity contribution in [2.75, 3.05) is 24.5 Å². The number of carbonyl (C=O) groups is 2. The van der Waals surface area contributed by atoms with Crippen LogP contribution in [0.25, 0.3) is 5.69 Å². The van der Waals surface area contributed by atoms with Gasteiger partial charge in [-0.05, 0) is 51.3 Å². The Bertz CT molecular complexity index is 888. The van der Waals surface area contributed by atoms with Crippen molar-refractivity contribution in [1.82, 2.24) is 19.7 Å². The highest BCUT2D eigenvalue weighted by molar-refractivity contribution is 5.94. The summed E-state index contributed by atoms with van der Waals surface area (Å²) >= 11 is 0. The van der Waals surface area contributed by atoms with E-state index in [1.165, 1.54) is 0 Å². The van der Waals surface area contributed by atoms with Gasteiger partial charge in [0, 0.05) is 38.7 Å². The Balaban J connectivity index is 1.44. The molecule has 2 amide bonds. The largest absolute Gasteiger partial charge is 0.444 e. The Morgan fingerprint density at radius 2 is 1.90 bits per heavy atom. The van der Waals surface area contributed by atoms with Gasteiger partial charge in [0.25, 0.3) is 0 Å². The Morgan fingerprint density at radius 1 is 1.10 bits per heavy atom. The third-order valence-corrected chi connectivity index (χ3v) is 5.15. The number of hydrogen-bond donors (Lipinski definition) is 0. The molecule has 8 nitrogen and oxygen atoms in total. The topological polar surface area (TPSA) is 80.6 Å². The molecule has 0 atom stereocenters. The number of ether oxygens (including phenoxy) is 1. The molecule has 2 aliphatic heterocycles. The van der Waals surface area contributed by atoms with Gasteiger partial charge < -0.3 is 9.64 Å². The number of anilines is 1. The van der Waals surface area contributed by atoms with Gasteiger partial charge in [-0.1, -0.05) is 0 Å². The minimum atomic E-state index is -0.494. The lowest BCUT2D eigenvalue weighted by atomic mass is 10.2. The van der Waals surface area contributed by atoms with Crippen LogP contribution in [-0.2, 0) is 22.4 Å². The van der Waals surface area contributed by atoms with Gasteiger partial charge in [-0.3, -0.25) is 9.69 Å². The molecule has 29 heavy (non-hydrogen) atoms. The van der Waals surface area contributed by atoms with E-state index in [9.17, 15) is 9.59 Å². The van der Waals surface area contributed by atoms with Crippen LogP contribution in [0.2, 0.25) is 0 Å². The molecule has 0 saturated carbocycles. The molecule has 0 aromatic carbocycles. The van der Waals surface area contributed by atoms with Crippen LogP contribution in [0, 0.1) is 0 Å². The van der Waals surface area contributed by atoms with E-state index in [0.717, 1.165) is 36.3 Å². The van der Waals surface area contributed by atoms with Gasteiger partial charge in [0.2, 0.25) is 5.91 Å². The second-order valence-corrected chi connectivity index (χ2v) is 8.54. The lowest BCUT2D eigenvalue weighted by molar-refractivity contribution is -0.117. The zero-order valence-corrected chi connectivity index (χ0v) is 17.2. The van der Waals surface area contributed by atoms with Gasteiger partial charge in [-0.25, -0.2) is 14.5 Å². The number of amides is 2. The molecule has 0 spiro atoms. The minimum absolute atomic E-state index is 0.130. The molecule has 4 rings (SSSR count). The standard InChI is InChI=1S/C21H27N5O3/c1-21(2,3)29-20(28)24-11-8-15-14-26(23-17(15)9-12-24)16-6-7-18(22-13-16)25-10-4-5-19(25)27/h6-7,13-14H,4-5,8-12H2,1-3H3. The third-order valence-electron chi connectivity index (χ3n) is 5.15. The number of rotatable bonds is 2. The van der Waals surface area contributed by atoms with Gasteiger partial charge in [-0.2, -0.15) is 5.10 Å². The van der Waals surface area contributed by atoms with Crippen molar-refractivity contribution in [3.8, 4) is 5.69 Å². The number of aromatic nitrogens is 3. The van der Waals surface area contributed by atoms with E-state index in [1.54, 1.807) is 16.0 Å². The quantitative estimate of drug-likeness (QED) is 0.778. The molecule has 1 saturated heterocycles. The number of hydrogen-bond acceptors (Lipinski definition) is 5. The number of fused-ring (bicyclic) bond motifs is 1. The van der Waals surface area contributed by atoms with Crippen molar-refractivity contribution in [2.24, 2.45) is 0 Å². The van der Waals surface area contributed by atoms with Crippen LogP contribution in [0.3, 0.4) is 0 Å². The van der Waals surface area contributed by atoms with Crippen molar-refractivity contribution in [2.45, 2.75) is 52.1 Å². The van der Waals surface area contributed by atoms with Crippen LogP contribution in [0.5, 0.6) is 0 Å². The molecule has 0 unspecified atom stereocenters. The van der Waals surface area contributed by atoms with E-state index < -0.39 is 5.60 Å². The summed E-state index contributed by atoms with van der Waals surface area (Å²) in [6.45, 7) is 7.56. The fourth-order valence-corrected chi connectivity index (χ4v) is 3.68. The SMILES string of the molecule is CC(C)(C)OC(=O)N1CCc2cn(-c3ccc(N4CCCC4=O)nc3)nc2CC1. The van der Waals surface area contributed by atoms with Crippen molar-refractivity contribution in [1.29, 1.82) is 0 Å². The van der Waals surface area contributed by atoms with E-state index >= 15 is 0 Å². The predicted molar refractivity (Wildman–Crippen MR) is 108 cm³/mol. The number of carbonyl (C=O) groups excluding carboxylic acids is 2. The molecule has 0 radical (unpaired) electrons. The molecule has 8 heteroatoms. The maximum absolute atomic E-state index is 12.3. The second kappa shape index (κ2) is 7.50. The molecule has 2 aromatic rings. The van der Waals surface area contributed by atoms with Crippen LogP contribution in [0.1, 0.15) is 44.9 Å². The molecule has 4 heterocycles. The average molecular weight is 397 g/mol. The summed E-state index contributed by atoms with van der Waals surface area (Å²) in [5.74, 6) is 0.823. The van der Waals surface area contributed by atoms with E-state index in [-0.39, 0.29) is 12.0 Å². The highest BCUT2D eigenvalue weighted by atomic mass is 16.6. The average Bonchev–Trinajstić information content (AvgIpc) is 3.22. The van der Waals surface area contributed by atoms with Gasteiger partial charge in [0.05, 0.1) is 17.6 Å². The van der Waals surface area contributed by atoms with Crippen molar-refractivity contribution >= 4 is 17.8 Å². The number of pyridine rings is 1. The molecule has 2 aliphatic rings. The first-order valence-corrected chi connectivity index (χ1v) is 10.1. The zero-order valence-electron chi connectivity index (χ0n) is 17.2. The Hall–Kier alpha value is -2.90. The molecule has 0 N–H and O–H groups in total. The van der Waals surface area contributed by atoms with Crippen molar-refractivity contribution in [3.05, 3.63) is 35.8 Å². The Kier molecular flexibility index (Phi) is 5.02. The molecule has 1 fully saturated rings. The maximum Gasteiger partial charge on any atom is 0.410 e. The molecule has 154 valence electrons. The maximum atomic E-state index is 12.3. The van der Waals surface area contributed by atoms with E-state index in [0.29, 0.717) is 31.7 Å². The fraction of sp³-hybridized carbons (Fsp3) is 0.524. The summed E-state index contributed by atoms with van der Waals surface area (Å²) in [5.41, 5.74) is 2.49.